The Hall–Kier alpha value is -2.49. The smallest absolute Gasteiger partial charge is 0.360 e. The molecule has 0 unspecified atom stereocenters. The highest BCUT2D eigenvalue weighted by molar-refractivity contribution is 6.74. The number of hydrogen-bond donors (Lipinski definition) is 0. The summed E-state index contributed by atoms with van der Waals surface area (Å²) in [6.45, 7) is 25.2. The summed E-state index contributed by atoms with van der Waals surface area (Å²) in [6.07, 6.45) is 9.24. The number of hydrogen-bond acceptors (Lipinski definition) is 8. The van der Waals surface area contributed by atoms with Gasteiger partial charge in [0.05, 0.1) is 18.3 Å². The van der Waals surface area contributed by atoms with E-state index in [0.717, 1.165) is 11.3 Å². The third-order valence-corrected chi connectivity index (χ3v) is 12.4. The second kappa shape index (κ2) is 12.2. The molecule has 5 atom stereocenters. The van der Waals surface area contributed by atoms with Gasteiger partial charge in [0.15, 0.2) is 19.9 Å². The second-order valence-electron chi connectivity index (χ2n) is 13.5. The molecule has 0 radical (unpaired) electrons. The third kappa shape index (κ3) is 8.04. The molecule has 1 aliphatic rings. The highest BCUT2D eigenvalue weighted by atomic mass is 28.4. The lowest BCUT2D eigenvalue weighted by Gasteiger charge is -2.49. The van der Waals surface area contributed by atoms with Crippen molar-refractivity contribution in [1.82, 2.24) is 9.97 Å². The first kappa shape index (κ1) is 32.0. The normalized spacial score (nSPS) is 25.0. The molecule has 40 heavy (non-hydrogen) atoms. The molecule has 0 aliphatic carbocycles. The van der Waals surface area contributed by atoms with Crippen LogP contribution >= 0.6 is 0 Å². The number of oxazole rings is 2. The Morgan fingerprint density at radius 3 is 2.30 bits per heavy atom. The van der Waals surface area contributed by atoms with Crippen molar-refractivity contribution in [3.05, 3.63) is 47.3 Å². The van der Waals surface area contributed by atoms with E-state index in [-0.39, 0.29) is 40.9 Å². The Bertz CT molecular complexity index is 1210. The molecule has 1 saturated heterocycles. The topological polar surface area (TPSA) is 96.8 Å². The molecule has 8 nitrogen and oxygen atoms in total. The molecule has 0 aromatic carbocycles. The fraction of sp³-hybridized carbons (Fsp3) is 0.645. The molecule has 0 N–H and O–H groups in total. The van der Waals surface area contributed by atoms with E-state index in [1.807, 2.05) is 39.8 Å². The van der Waals surface area contributed by atoms with Crippen molar-refractivity contribution in [2.75, 3.05) is 0 Å². The Morgan fingerprint density at radius 1 is 1.05 bits per heavy atom. The van der Waals surface area contributed by atoms with E-state index in [0.29, 0.717) is 18.2 Å². The highest BCUT2D eigenvalue weighted by Gasteiger charge is 2.47. The lowest BCUT2D eigenvalue weighted by atomic mass is 9.79. The largest absolute Gasteiger partial charge is 0.455 e. The van der Waals surface area contributed by atoms with Crippen LogP contribution < -0.4 is 0 Å². The summed E-state index contributed by atoms with van der Waals surface area (Å²) in [4.78, 5) is 21.0. The predicted octanol–water partition coefficient (Wildman–Crippen LogP) is 7.86. The van der Waals surface area contributed by atoms with Gasteiger partial charge in [-0.3, -0.25) is 0 Å². The van der Waals surface area contributed by atoms with E-state index in [1.54, 1.807) is 12.3 Å². The van der Waals surface area contributed by atoms with Crippen molar-refractivity contribution in [1.29, 1.82) is 0 Å². The molecule has 222 valence electrons. The average Bonchev–Trinajstić information content (AvgIpc) is 3.45. The molecule has 0 bridgehead atoms. The fourth-order valence-corrected chi connectivity index (χ4v) is 6.14. The number of carbonyl (C=O) groups is 1. The van der Waals surface area contributed by atoms with Crippen LogP contribution in [0.5, 0.6) is 0 Å². The lowest BCUT2D eigenvalue weighted by molar-refractivity contribution is -0.143. The SMILES string of the molecule is C/C(=C\c1coc(C)n1)[C@@H]1O[C@H](C/C=C/c2nc(C(=O)OC(C)(C)C)co2)[C@H](C)[C@H](O[Si](C)(C)C(C)(C)C)[C@H]1C. The molecule has 0 amide bonds. The first-order valence-electron chi connectivity index (χ1n) is 14.2. The van der Waals surface area contributed by atoms with Gasteiger partial charge in [0.2, 0.25) is 5.89 Å². The maximum Gasteiger partial charge on any atom is 0.360 e. The summed E-state index contributed by atoms with van der Waals surface area (Å²) in [6, 6.07) is 0. The number of aryl methyl sites for hydroxylation is 1. The number of aromatic nitrogens is 2. The zero-order chi connectivity index (χ0) is 30.0. The minimum atomic E-state index is -2.04. The molecular formula is C31H48N2O6Si. The van der Waals surface area contributed by atoms with Crippen LogP contribution in [-0.2, 0) is 13.9 Å². The first-order valence-corrected chi connectivity index (χ1v) is 17.1. The Morgan fingerprint density at radius 2 is 1.73 bits per heavy atom. The Kier molecular flexibility index (Phi) is 9.74. The monoisotopic (exact) mass is 572 g/mol. The fourth-order valence-electron chi connectivity index (χ4n) is 4.68. The summed E-state index contributed by atoms with van der Waals surface area (Å²) in [7, 11) is -2.04. The molecule has 2 aromatic rings. The number of ether oxygens (including phenoxy) is 2. The van der Waals surface area contributed by atoms with Crippen LogP contribution in [0.2, 0.25) is 18.1 Å². The van der Waals surface area contributed by atoms with Crippen LogP contribution in [0.1, 0.15) is 96.7 Å². The molecule has 9 heteroatoms. The van der Waals surface area contributed by atoms with Crippen molar-refractivity contribution in [3.63, 3.8) is 0 Å². The van der Waals surface area contributed by atoms with E-state index in [9.17, 15) is 4.79 Å². The zero-order valence-corrected chi connectivity index (χ0v) is 27.3. The minimum absolute atomic E-state index is 0.0287. The molecule has 0 saturated carbocycles. The van der Waals surface area contributed by atoms with Gasteiger partial charge in [-0.1, -0.05) is 40.7 Å². The van der Waals surface area contributed by atoms with Gasteiger partial charge >= 0.3 is 5.97 Å². The van der Waals surface area contributed by atoms with Crippen LogP contribution in [0, 0.1) is 18.8 Å². The third-order valence-electron chi connectivity index (χ3n) is 7.88. The molecular weight excluding hydrogens is 524 g/mol. The summed E-state index contributed by atoms with van der Waals surface area (Å²) in [5.74, 6) is 0.785. The molecule has 3 rings (SSSR count). The lowest BCUT2D eigenvalue weighted by Crippen LogP contribution is -2.55. The maximum absolute atomic E-state index is 12.3. The second-order valence-corrected chi connectivity index (χ2v) is 18.3. The van der Waals surface area contributed by atoms with E-state index in [1.165, 1.54) is 6.26 Å². The average molecular weight is 573 g/mol. The van der Waals surface area contributed by atoms with E-state index in [4.69, 9.17) is 22.7 Å². The Balaban J connectivity index is 1.82. The van der Waals surface area contributed by atoms with Gasteiger partial charge < -0.3 is 22.7 Å². The molecule has 2 aromatic heterocycles. The number of nitrogens with zero attached hydrogens (tertiary/aromatic N) is 2. The van der Waals surface area contributed by atoms with Gasteiger partial charge in [0.25, 0.3) is 0 Å². The number of rotatable bonds is 8. The van der Waals surface area contributed by atoms with Gasteiger partial charge in [-0.15, -0.1) is 0 Å². The first-order chi connectivity index (χ1) is 18.4. The van der Waals surface area contributed by atoms with Crippen LogP contribution in [0.4, 0.5) is 0 Å². The van der Waals surface area contributed by atoms with Crippen LogP contribution in [0.3, 0.4) is 0 Å². The van der Waals surface area contributed by atoms with Crippen LogP contribution in [0.15, 0.2) is 33.0 Å². The van der Waals surface area contributed by atoms with Gasteiger partial charge in [-0.25, -0.2) is 14.8 Å². The molecule has 1 fully saturated rings. The molecule has 3 heterocycles. The van der Waals surface area contributed by atoms with Gasteiger partial charge in [-0.05, 0) is 70.0 Å². The maximum atomic E-state index is 12.3. The summed E-state index contributed by atoms with van der Waals surface area (Å²) < 4.78 is 30.1. The zero-order valence-electron chi connectivity index (χ0n) is 26.3. The highest BCUT2D eigenvalue weighted by Crippen LogP contribution is 2.43. The summed E-state index contributed by atoms with van der Waals surface area (Å²) in [5, 5.41) is 0.0928. The number of esters is 1. The van der Waals surface area contributed by atoms with Crippen molar-refractivity contribution in [2.24, 2.45) is 11.8 Å². The van der Waals surface area contributed by atoms with Crippen LogP contribution in [-0.4, -0.2) is 48.2 Å². The van der Waals surface area contributed by atoms with Crippen LogP contribution in [0.25, 0.3) is 12.2 Å². The van der Waals surface area contributed by atoms with Crippen molar-refractivity contribution >= 4 is 26.4 Å². The summed E-state index contributed by atoms with van der Waals surface area (Å²) >= 11 is 0. The number of carbonyl (C=O) groups excluding carboxylic acids is 1. The van der Waals surface area contributed by atoms with E-state index >= 15 is 0 Å². The van der Waals surface area contributed by atoms with E-state index < -0.39 is 19.9 Å². The quantitative estimate of drug-likeness (QED) is 0.233. The van der Waals surface area contributed by atoms with Gasteiger partial charge in [0, 0.05) is 18.8 Å². The standard InChI is InChI=1S/C31H48N2O6Si/c1-19(16-23-17-35-22(4)32-23)27-21(3)28(39-40(11,12)31(8,9)10)20(2)25(37-27)14-13-15-26-33-24(18-36-26)29(34)38-30(5,6)7/h13,15-18,20-21,25,27-28H,14H2,1-12H3/b15-13+,19-16+/t20-,21-,25+,27-,28-/m0/s1. The minimum Gasteiger partial charge on any atom is -0.455 e. The van der Waals surface area contributed by atoms with Gasteiger partial charge in [-0.2, -0.15) is 0 Å². The van der Waals surface area contributed by atoms with Gasteiger partial charge in [0.1, 0.15) is 23.8 Å². The predicted molar refractivity (Wildman–Crippen MR) is 159 cm³/mol. The summed E-state index contributed by atoms with van der Waals surface area (Å²) in [5.41, 5.74) is 1.42. The Labute approximate surface area is 240 Å². The van der Waals surface area contributed by atoms with Crippen molar-refractivity contribution in [2.45, 2.75) is 118 Å². The molecule has 1 aliphatic heterocycles. The van der Waals surface area contributed by atoms with Crippen molar-refractivity contribution < 1.29 is 27.5 Å². The van der Waals surface area contributed by atoms with E-state index in [2.05, 4.69) is 64.6 Å². The van der Waals surface area contributed by atoms with Crippen molar-refractivity contribution in [3.8, 4) is 0 Å². The molecule has 0 spiro atoms.